The summed E-state index contributed by atoms with van der Waals surface area (Å²) >= 11 is 0. The molecule has 80 valence electrons. The molecule has 0 aromatic carbocycles. The van der Waals surface area contributed by atoms with E-state index in [-0.39, 0.29) is 0 Å². The Morgan fingerprint density at radius 1 is 1.14 bits per heavy atom. The summed E-state index contributed by atoms with van der Waals surface area (Å²) in [6.07, 6.45) is 10.5. The summed E-state index contributed by atoms with van der Waals surface area (Å²) in [5.41, 5.74) is 2.77. The van der Waals surface area contributed by atoms with E-state index in [2.05, 4.69) is 32.6 Å². The maximum atomic E-state index is 3.84. The van der Waals surface area contributed by atoms with Crippen LogP contribution in [-0.2, 0) is 0 Å². The first-order valence-electron chi connectivity index (χ1n) is 5.71. The molecule has 1 rings (SSSR count). The Bertz CT molecular complexity index is 210. The van der Waals surface area contributed by atoms with Gasteiger partial charge < -0.3 is 0 Å². The first-order chi connectivity index (χ1) is 6.74. The number of allylic oxidation sites excluding steroid dienone is 5. The normalized spacial score (nSPS) is 16.1. The second kappa shape index (κ2) is 7.61. The molecule has 0 spiro atoms. The highest BCUT2D eigenvalue weighted by molar-refractivity contribution is 5.27. The predicted molar refractivity (Wildman–Crippen MR) is 66.4 cm³/mol. The highest BCUT2D eigenvalue weighted by atomic mass is 14.2. The van der Waals surface area contributed by atoms with Crippen LogP contribution in [0.1, 0.15) is 47.0 Å². The van der Waals surface area contributed by atoms with E-state index in [0.717, 1.165) is 5.92 Å². The van der Waals surface area contributed by atoms with Crippen LogP contribution < -0.4 is 0 Å². The van der Waals surface area contributed by atoms with Gasteiger partial charge in [-0.1, -0.05) is 50.6 Å². The topological polar surface area (TPSA) is 0 Å². The zero-order chi connectivity index (χ0) is 11.0. The van der Waals surface area contributed by atoms with Crippen LogP contribution in [-0.4, -0.2) is 0 Å². The van der Waals surface area contributed by atoms with Crippen molar-refractivity contribution in [2.75, 3.05) is 0 Å². The van der Waals surface area contributed by atoms with Crippen molar-refractivity contribution in [1.82, 2.24) is 0 Å². The molecule has 0 heterocycles. The SMILES string of the molecule is C=C/C(=C\C=C(C)C)C1CCC1.CC. The lowest BCUT2D eigenvalue weighted by molar-refractivity contribution is 0.374. The fourth-order valence-electron chi connectivity index (χ4n) is 1.38. The molecule has 1 fully saturated rings. The maximum Gasteiger partial charge on any atom is -0.0162 e. The summed E-state index contributed by atoms with van der Waals surface area (Å²) < 4.78 is 0. The fraction of sp³-hybridized carbons (Fsp3) is 0.571. The minimum atomic E-state index is 0.804. The van der Waals surface area contributed by atoms with E-state index in [4.69, 9.17) is 0 Å². The van der Waals surface area contributed by atoms with Gasteiger partial charge in [0.2, 0.25) is 0 Å². The van der Waals surface area contributed by atoms with Crippen LogP contribution in [0.25, 0.3) is 0 Å². The van der Waals surface area contributed by atoms with E-state index in [0.29, 0.717) is 0 Å². The molecule has 0 heteroatoms. The van der Waals surface area contributed by atoms with Crippen LogP contribution in [0.5, 0.6) is 0 Å². The second-order valence-electron chi connectivity index (χ2n) is 3.74. The highest BCUT2D eigenvalue weighted by Crippen LogP contribution is 2.33. The molecular formula is C14H24. The molecule has 14 heavy (non-hydrogen) atoms. The maximum absolute atomic E-state index is 3.84. The molecule has 0 atom stereocenters. The van der Waals surface area contributed by atoms with E-state index in [9.17, 15) is 0 Å². The fourth-order valence-corrected chi connectivity index (χ4v) is 1.38. The van der Waals surface area contributed by atoms with Gasteiger partial charge in [0.05, 0.1) is 0 Å². The Labute approximate surface area is 89.4 Å². The largest absolute Gasteiger partial charge is 0.0988 e. The molecule has 1 aliphatic rings. The molecule has 0 aromatic heterocycles. The van der Waals surface area contributed by atoms with Gasteiger partial charge in [-0.15, -0.1) is 0 Å². The van der Waals surface area contributed by atoms with Crippen LogP contribution in [0.3, 0.4) is 0 Å². The molecular weight excluding hydrogens is 168 g/mol. The third-order valence-corrected chi connectivity index (χ3v) is 2.42. The van der Waals surface area contributed by atoms with Crippen molar-refractivity contribution in [3.8, 4) is 0 Å². The molecule has 0 nitrogen and oxygen atoms in total. The number of rotatable bonds is 3. The van der Waals surface area contributed by atoms with Gasteiger partial charge in [0.15, 0.2) is 0 Å². The molecule has 0 bridgehead atoms. The van der Waals surface area contributed by atoms with Gasteiger partial charge in [0, 0.05) is 0 Å². The molecule has 0 amide bonds. The zero-order valence-electron chi connectivity index (χ0n) is 10.1. The van der Waals surface area contributed by atoms with Crippen LogP contribution >= 0.6 is 0 Å². The van der Waals surface area contributed by atoms with E-state index in [1.54, 1.807) is 0 Å². The van der Waals surface area contributed by atoms with Gasteiger partial charge in [-0.3, -0.25) is 0 Å². The summed E-state index contributed by atoms with van der Waals surface area (Å²) in [7, 11) is 0. The third kappa shape index (κ3) is 4.45. The lowest BCUT2D eigenvalue weighted by Gasteiger charge is -2.26. The third-order valence-electron chi connectivity index (χ3n) is 2.42. The van der Waals surface area contributed by atoms with Crippen LogP contribution in [0.15, 0.2) is 36.0 Å². The standard InChI is InChI=1S/C12H18.C2H6/c1-4-11(9-8-10(2)3)12-6-5-7-12;1-2/h4,8-9,12H,1,5-7H2,2-3H3;1-2H3/b11-9+;. The molecule has 1 saturated carbocycles. The Morgan fingerprint density at radius 2 is 1.71 bits per heavy atom. The zero-order valence-corrected chi connectivity index (χ0v) is 10.1. The second-order valence-corrected chi connectivity index (χ2v) is 3.74. The summed E-state index contributed by atoms with van der Waals surface area (Å²) in [6, 6.07) is 0. The van der Waals surface area contributed by atoms with Crippen molar-refractivity contribution in [3.05, 3.63) is 36.0 Å². The quantitative estimate of drug-likeness (QED) is 0.558. The molecule has 1 aliphatic carbocycles. The summed E-state index contributed by atoms with van der Waals surface area (Å²) in [6.45, 7) is 12.1. The van der Waals surface area contributed by atoms with Crippen LogP contribution in [0, 0.1) is 5.92 Å². The smallest absolute Gasteiger partial charge is 0.0162 e. The van der Waals surface area contributed by atoms with Gasteiger partial charge in [0.25, 0.3) is 0 Å². The molecule has 0 aliphatic heterocycles. The van der Waals surface area contributed by atoms with E-state index >= 15 is 0 Å². The molecule has 0 saturated heterocycles. The van der Waals surface area contributed by atoms with E-state index < -0.39 is 0 Å². The monoisotopic (exact) mass is 192 g/mol. The Hall–Kier alpha value is -0.780. The molecule has 0 radical (unpaired) electrons. The highest BCUT2D eigenvalue weighted by Gasteiger charge is 2.18. The molecule has 0 N–H and O–H groups in total. The van der Waals surface area contributed by atoms with Gasteiger partial charge in [0.1, 0.15) is 0 Å². The Balaban J connectivity index is 0.000000791. The van der Waals surface area contributed by atoms with Crippen molar-refractivity contribution >= 4 is 0 Å². The number of hydrogen-bond donors (Lipinski definition) is 0. The van der Waals surface area contributed by atoms with E-state index in [1.807, 2.05) is 19.9 Å². The van der Waals surface area contributed by atoms with Crippen molar-refractivity contribution in [3.63, 3.8) is 0 Å². The van der Waals surface area contributed by atoms with Crippen molar-refractivity contribution in [2.24, 2.45) is 5.92 Å². The lowest BCUT2D eigenvalue weighted by atomic mass is 9.79. The number of hydrogen-bond acceptors (Lipinski definition) is 0. The summed E-state index contributed by atoms with van der Waals surface area (Å²) in [5.74, 6) is 0.804. The van der Waals surface area contributed by atoms with Gasteiger partial charge in [-0.05, 0) is 38.2 Å². The minimum absolute atomic E-state index is 0.804. The van der Waals surface area contributed by atoms with Crippen LogP contribution in [0.2, 0.25) is 0 Å². The van der Waals surface area contributed by atoms with Gasteiger partial charge >= 0.3 is 0 Å². The van der Waals surface area contributed by atoms with Gasteiger partial charge in [-0.2, -0.15) is 0 Å². The van der Waals surface area contributed by atoms with Crippen molar-refractivity contribution < 1.29 is 0 Å². The van der Waals surface area contributed by atoms with Gasteiger partial charge in [-0.25, -0.2) is 0 Å². The molecule has 0 aromatic rings. The average Bonchev–Trinajstić information content (AvgIpc) is 2.12. The average molecular weight is 192 g/mol. The van der Waals surface area contributed by atoms with E-state index in [1.165, 1.54) is 30.4 Å². The summed E-state index contributed by atoms with van der Waals surface area (Å²) in [5, 5.41) is 0. The first kappa shape index (κ1) is 13.2. The molecule has 0 unspecified atom stereocenters. The lowest BCUT2D eigenvalue weighted by Crippen LogP contribution is -2.12. The Kier molecular flexibility index (Phi) is 7.18. The predicted octanol–water partition coefficient (Wildman–Crippen LogP) is 4.89. The van der Waals surface area contributed by atoms with Crippen molar-refractivity contribution in [2.45, 2.75) is 47.0 Å². The minimum Gasteiger partial charge on any atom is -0.0988 e. The first-order valence-corrected chi connectivity index (χ1v) is 5.71. The van der Waals surface area contributed by atoms with Crippen LogP contribution in [0.4, 0.5) is 0 Å². The Morgan fingerprint density at radius 3 is 2.00 bits per heavy atom. The summed E-state index contributed by atoms with van der Waals surface area (Å²) in [4.78, 5) is 0. The van der Waals surface area contributed by atoms with Crippen molar-refractivity contribution in [1.29, 1.82) is 0 Å².